The molecule has 0 amide bonds. The average Bonchev–Trinajstić information content (AvgIpc) is 2.85. The maximum absolute atomic E-state index is 5.53. The van der Waals surface area contributed by atoms with Crippen LogP contribution < -0.4 is 5.32 Å². The largest absolute Gasteiger partial charge is 0.385 e. The molecule has 4 heteroatoms. The predicted molar refractivity (Wildman–Crippen MR) is 72.3 cm³/mol. The number of hydrogen-bond acceptors (Lipinski definition) is 4. The van der Waals surface area contributed by atoms with Crippen molar-refractivity contribution >= 4 is 5.69 Å². The van der Waals surface area contributed by atoms with E-state index in [-0.39, 0.29) is 5.92 Å². The van der Waals surface area contributed by atoms with Crippen molar-refractivity contribution in [3.05, 3.63) is 41.5 Å². The van der Waals surface area contributed by atoms with Gasteiger partial charge in [0.2, 0.25) is 5.89 Å². The fraction of sp³-hybridized carbons (Fsp3) is 0.467. The van der Waals surface area contributed by atoms with Crippen molar-refractivity contribution in [2.24, 2.45) is 0 Å². The molecule has 1 saturated carbocycles. The SMILES string of the molecule is c1ccc2c(c1)NCCC2c1nc(C2CCC2)no1. The van der Waals surface area contributed by atoms with Crippen molar-refractivity contribution in [1.29, 1.82) is 0 Å². The van der Waals surface area contributed by atoms with Gasteiger partial charge in [0.25, 0.3) is 0 Å². The first-order valence-electron chi connectivity index (χ1n) is 7.08. The van der Waals surface area contributed by atoms with Gasteiger partial charge in [-0.3, -0.25) is 0 Å². The summed E-state index contributed by atoms with van der Waals surface area (Å²) in [6.45, 7) is 0.961. The molecule has 19 heavy (non-hydrogen) atoms. The van der Waals surface area contributed by atoms with Crippen LogP contribution in [0.3, 0.4) is 0 Å². The summed E-state index contributed by atoms with van der Waals surface area (Å²) in [5, 5.41) is 7.60. The molecule has 2 aromatic rings. The molecule has 1 unspecified atom stereocenters. The van der Waals surface area contributed by atoms with Gasteiger partial charge in [-0.25, -0.2) is 0 Å². The smallest absolute Gasteiger partial charge is 0.234 e. The summed E-state index contributed by atoms with van der Waals surface area (Å²) in [4.78, 5) is 4.65. The highest BCUT2D eigenvalue weighted by molar-refractivity contribution is 5.56. The van der Waals surface area contributed by atoms with E-state index in [1.54, 1.807) is 0 Å². The van der Waals surface area contributed by atoms with E-state index in [2.05, 4.69) is 39.7 Å². The number of anilines is 1. The monoisotopic (exact) mass is 255 g/mol. The molecule has 0 spiro atoms. The molecule has 1 N–H and O–H groups in total. The van der Waals surface area contributed by atoms with Gasteiger partial charge in [0.05, 0.1) is 5.92 Å². The van der Waals surface area contributed by atoms with Gasteiger partial charge in [-0.2, -0.15) is 4.98 Å². The van der Waals surface area contributed by atoms with Crippen molar-refractivity contribution in [3.63, 3.8) is 0 Å². The number of fused-ring (bicyclic) bond motifs is 1. The van der Waals surface area contributed by atoms with Crippen LogP contribution in [0.1, 0.15) is 54.8 Å². The van der Waals surface area contributed by atoms with Crippen LogP contribution in [0.4, 0.5) is 5.69 Å². The lowest BCUT2D eigenvalue weighted by molar-refractivity contribution is 0.338. The first-order valence-corrected chi connectivity index (χ1v) is 7.08. The molecule has 1 aliphatic heterocycles. The summed E-state index contributed by atoms with van der Waals surface area (Å²) >= 11 is 0. The molecule has 0 bridgehead atoms. The molecule has 4 nitrogen and oxygen atoms in total. The lowest BCUT2D eigenvalue weighted by atomic mass is 9.85. The fourth-order valence-electron chi connectivity index (χ4n) is 2.95. The Morgan fingerprint density at radius 1 is 1.16 bits per heavy atom. The van der Waals surface area contributed by atoms with E-state index < -0.39 is 0 Å². The Bertz CT molecular complexity index is 589. The summed E-state index contributed by atoms with van der Waals surface area (Å²) < 4.78 is 5.53. The maximum Gasteiger partial charge on any atom is 0.234 e. The Hall–Kier alpha value is -1.84. The van der Waals surface area contributed by atoms with Crippen molar-refractivity contribution < 1.29 is 4.52 Å². The van der Waals surface area contributed by atoms with E-state index in [0.29, 0.717) is 5.92 Å². The van der Waals surface area contributed by atoms with Gasteiger partial charge in [-0.15, -0.1) is 0 Å². The third-order valence-electron chi connectivity index (χ3n) is 4.31. The molecule has 98 valence electrons. The van der Waals surface area contributed by atoms with Crippen LogP contribution in [-0.4, -0.2) is 16.7 Å². The zero-order chi connectivity index (χ0) is 12.7. The van der Waals surface area contributed by atoms with Crippen LogP contribution in [0, 0.1) is 0 Å². The zero-order valence-corrected chi connectivity index (χ0v) is 10.8. The molecule has 1 atom stereocenters. The normalized spacial score (nSPS) is 22.4. The zero-order valence-electron chi connectivity index (χ0n) is 10.8. The highest BCUT2D eigenvalue weighted by Crippen LogP contribution is 2.38. The maximum atomic E-state index is 5.53. The first kappa shape index (κ1) is 11.0. The van der Waals surface area contributed by atoms with E-state index in [4.69, 9.17) is 4.52 Å². The Balaban J connectivity index is 1.67. The second-order valence-electron chi connectivity index (χ2n) is 5.47. The molecule has 1 aromatic carbocycles. The van der Waals surface area contributed by atoms with Crippen molar-refractivity contribution in [1.82, 2.24) is 10.1 Å². The quantitative estimate of drug-likeness (QED) is 0.894. The summed E-state index contributed by atoms with van der Waals surface area (Å²) in [6, 6.07) is 8.40. The summed E-state index contributed by atoms with van der Waals surface area (Å²) in [6.07, 6.45) is 4.73. The number of hydrogen-bond donors (Lipinski definition) is 1. The molecule has 2 heterocycles. The van der Waals surface area contributed by atoms with Gasteiger partial charge in [-0.1, -0.05) is 29.8 Å². The lowest BCUT2D eigenvalue weighted by Gasteiger charge is -2.24. The minimum absolute atomic E-state index is 0.249. The summed E-state index contributed by atoms with van der Waals surface area (Å²) in [5.74, 6) is 2.49. The molecular weight excluding hydrogens is 238 g/mol. The highest BCUT2D eigenvalue weighted by atomic mass is 16.5. The van der Waals surface area contributed by atoms with Crippen LogP contribution in [0.15, 0.2) is 28.8 Å². The number of nitrogens with one attached hydrogen (secondary N) is 1. The second kappa shape index (κ2) is 4.37. The van der Waals surface area contributed by atoms with Crippen LogP contribution >= 0.6 is 0 Å². The van der Waals surface area contributed by atoms with Crippen molar-refractivity contribution in [3.8, 4) is 0 Å². The van der Waals surface area contributed by atoms with E-state index >= 15 is 0 Å². The number of rotatable bonds is 2. The van der Waals surface area contributed by atoms with Gasteiger partial charge in [0.1, 0.15) is 0 Å². The van der Waals surface area contributed by atoms with E-state index in [0.717, 1.165) is 24.7 Å². The molecular formula is C15H17N3O. The predicted octanol–water partition coefficient (Wildman–Crippen LogP) is 3.28. The van der Waals surface area contributed by atoms with Crippen LogP contribution in [0.2, 0.25) is 0 Å². The Kier molecular flexibility index (Phi) is 2.53. The van der Waals surface area contributed by atoms with Gasteiger partial charge in [0.15, 0.2) is 5.82 Å². The standard InChI is InChI=1S/C15H17N3O/c1-2-7-13-11(6-1)12(8-9-16-13)15-17-14(18-19-15)10-4-3-5-10/h1-2,6-7,10,12,16H,3-5,8-9H2. The van der Waals surface area contributed by atoms with Gasteiger partial charge >= 0.3 is 0 Å². The molecule has 1 fully saturated rings. The second-order valence-corrected chi connectivity index (χ2v) is 5.47. The van der Waals surface area contributed by atoms with Crippen molar-refractivity contribution in [2.45, 2.75) is 37.5 Å². The fourth-order valence-corrected chi connectivity index (χ4v) is 2.95. The summed E-state index contributed by atoms with van der Waals surface area (Å²) in [7, 11) is 0. The van der Waals surface area contributed by atoms with Gasteiger partial charge in [-0.05, 0) is 30.9 Å². The van der Waals surface area contributed by atoms with Crippen LogP contribution in [0.25, 0.3) is 0 Å². The van der Waals surface area contributed by atoms with Crippen LogP contribution in [-0.2, 0) is 0 Å². The molecule has 0 saturated heterocycles. The van der Waals surface area contributed by atoms with Crippen LogP contribution in [0.5, 0.6) is 0 Å². The Morgan fingerprint density at radius 3 is 2.89 bits per heavy atom. The minimum Gasteiger partial charge on any atom is -0.385 e. The van der Waals surface area contributed by atoms with Crippen molar-refractivity contribution in [2.75, 3.05) is 11.9 Å². The third-order valence-corrected chi connectivity index (χ3v) is 4.31. The molecule has 0 radical (unpaired) electrons. The molecule has 4 rings (SSSR count). The number of para-hydroxylation sites is 1. The molecule has 2 aliphatic rings. The highest BCUT2D eigenvalue weighted by Gasteiger charge is 2.29. The lowest BCUT2D eigenvalue weighted by Crippen LogP contribution is -2.18. The number of aromatic nitrogens is 2. The van der Waals surface area contributed by atoms with E-state index in [1.807, 2.05) is 0 Å². The Labute approximate surface area is 112 Å². The average molecular weight is 255 g/mol. The molecule has 1 aliphatic carbocycles. The topological polar surface area (TPSA) is 51.0 Å². The van der Waals surface area contributed by atoms with Gasteiger partial charge in [0, 0.05) is 18.2 Å². The number of benzene rings is 1. The minimum atomic E-state index is 0.249. The summed E-state index contributed by atoms with van der Waals surface area (Å²) in [5.41, 5.74) is 2.47. The molecule has 1 aromatic heterocycles. The first-order chi connectivity index (χ1) is 9.42. The third kappa shape index (κ3) is 1.82. The number of nitrogens with zero attached hydrogens (tertiary/aromatic N) is 2. The Morgan fingerprint density at radius 2 is 2.05 bits per heavy atom. The van der Waals surface area contributed by atoms with Gasteiger partial charge < -0.3 is 9.84 Å². The van der Waals surface area contributed by atoms with E-state index in [9.17, 15) is 0 Å². The van der Waals surface area contributed by atoms with E-state index in [1.165, 1.54) is 30.5 Å².